The van der Waals surface area contributed by atoms with Gasteiger partial charge < -0.3 is 9.31 Å². The van der Waals surface area contributed by atoms with E-state index in [2.05, 4.69) is 97.5 Å². The van der Waals surface area contributed by atoms with Crippen molar-refractivity contribution in [2.75, 3.05) is 13.1 Å². The second-order valence-electron chi connectivity index (χ2n) is 13.9. The van der Waals surface area contributed by atoms with Crippen molar-refractivity contribution in [1.82, 2.24) is 4.90 Å². The van der Waals surface area contributed by atoms with E-state index >= 15 is 0 Å². The van der Waals surface area contributed by atoms with E-state index in [-0.39, 0.29) is 29.2 Å². The Morgan fingerprint density at radius 1 is 1.00 bits per heavy atom. The molecule has 4 nitrogen and oxygen atoms in total. The van der Waals surface area contributed by atoms with Gasteiger partial charge in [-0.1, -0.05) is 70.9 Å². The van der Waals surface area contributed by atoms with E-state index in [4.69, 9.17) is 9.31 Å². The maximum atomic E-state index is 13.8. The van der Waals surface area contributed by atoms with E-state index in [1.165, 1.54) is 5.56 Å². The van der Waals surface area contributed by atoms with Crippen LogP contribution in [0.2, 0.25) is 6.32 Å². The molecule has 2 aliphatic rings. The SMILES string of the molecule is CC(c1ccccc1)N1CCC(C(C)(CCCCB2OC(C)(C)C(C)(C)O2)C(=O)CC(C)(C)C)CC1. The molecule has 202 valence electrons. The first-order valence-corrected chi connectivity index (χ1v) is 14.3. The zero-order valence-corrected chi connectivity index (χ0v) is 24.7. The van der Waals surface area contributed by atoms with Crippen LogP contribution in [0.15, 0.2) is 30.3 Å². The molecule has 0 bridgehead atoms. The highest BCUT2D eigenvalue weighted by atomic mass is 16.7. The van der Waals surface area contributed by atoms with E-state index in [0.29, 0.717) is 24.2 Å². The largest absolute Gasteiger partial charge is 0.457 e. The van der Waals surface area contributed by atoms with Crippen molar-refractivity contribution in [1.29, 1.82) is 0 Å². The van der Waals surface area contributed by atoms with Crippen molar-refractivity contribution < 1.29 is 14.1 Å². The molecular weight excluding hydrogens is 445 g/mol. The van der Waals surface area contributed by atoms with Crippen LogP contribution < -0.4 is 0 Å². The number of carbonyl (C=O) groups is 1. The number of benzene rings is 1. The van der Waals surface area contributed by atoms with Gasteiger partial charge in [-0.05, 0) is 90.2 Å². The number of hydrogen-bond acceptors (Lipinski definition) is 4. The van der Waals surface area contributed by atoms with E-state index in [9.17, 15) is 4.79 Å². The molecule has 1 aromatic carbocycles. The quantitative estimate of drug-likeness (QED) is 0.245. The molecule has 2 atom stereocenters. The topological polar surface area (TPSA) is 38.8 Å². The van der Waals surface area contributed by atoms with Gasteiger partial charge in [0, 0.05) is 17.9 Å². The number of rotatable bonds is 10. The molecule has 2 heterocycles. The minimum Gasteiger partial charge on any atom is -0.403 e. The molecular formula is C31H52BNO3. The zero-order chi connectivity index (χ0) is 26.8. The summed E-state index contributed by atoms with van der Waals surface area (Å²) in [6.45, 7) is 21.7. The number of likely N-dealkylation sites (tertiary alicyclic amines) is 1. The highest BCUT2D eigenvalue weighted by Gasteiger charge is 2.50. The molecule has 0 spiro atoms. The predicted molar refractivity (Wildman–Crippen MR) is 151 cm³/mol. The Hall–Kier alpha value is -1.17. The normalized spacial score (nSPS) is 23.4. The highest BCUT2D eigenvalue weighted by Crippen LogP contribution is 2.44. The summed E-state index contributed by atoms with van der Waals surface area (Å²) in [6, 6.07) is 11.2. The first-order valence-electron chi connectivity index (χ1n) is 14.3. The fraction of sp³-hybridized carbons (Fsp3) is 0.774. The molecule has 0 aliphatic carbocycles. The summed E-state index contributed by atoms with van der Waals surface area (Å²) in [4.78, 5) is 16.4. The molecule has 2 unspecified atom stereocenters. The summed E-state index contributed by atoms with van der Waals surface area (Å²) in [5.41, 5.74) is 0.582. The van der Waals surface area contributed by atoms with Gasteiger partial charge in [0.1, 0.15) is 5.78 Å². The maximum Gasteiger partial charge on any atom is 0.457 e. The lowest BCUT2D eigenvalue weighted by Gasteiger charge is -2.44. The number of carbonyl (C=O) groups excluding carboxylic acids is 1. The van der Waals surface area contributed by atoms with Crippen molar-refractivity contribution in [2.45, 2.75) is 124 Å². The maximum absolute atomic E-state index is 13.8. The van der Waals surface area contributed by atoms with Crippen LogP contribution >= 0.6 is 0 Å². The van der Waals surface area contributed by atoms with Crippen LogP contribution in [0.5, 0.6) is 0 Å². The van der Waals surface area contributed by atoms with Crippen LogP contribution in [-0.4, -0.2) is 42.1 Å². The van der Waals surface area contributed by atoms with Gasteiger partial charge >= 0.3 is 7.12 Å². The average Bonchev–Trinajstić information content (AvgIpc) is 3.01. The predicted octanol–water partition coefficient (Wildman–Crippen LogP) is 7.73. The Kier molecular flexibility index (Phi) is 9.22. The van der Waals surface area contributed by atoms with Crippen molar-refractivity contribution in [3.05, 3.63) is 35.9 Å². The lowest BCUT2D eigenvalue weighted by molar-refractivity contribution is -0.134. The second kappa shape index (κ2) is 11.3. The van der Waals surface area contributed by atoms with Gasteiger partial charge in [-0.25, -0.2) is 0 Å². The molecule has 2 aliphatic heterocycles. The van der Waals surface area contributed by atoms with Crippen LogP contribution in [0.25, 0.3) is 0 Å². The molecule has 2 fully saturated rings. The lowest BCUT2D eigenvalue weighted by atomic mass is 9.64. The third kappa shape index (κ3) is 7.02. The van der Waals surface area contributed by atoms with E-state index in [1.54, 1.807) is 0 Å². The third-order valence-corrected chi connectivity index (χ3v) is 9.28. The minimum atomic E-state index is -0.278. The Morgan fingerprint density at radius 3 is 2.08 bits per heavy atom. The fourth-order valence-electron chi connectivity index (χ4n) is 6.01. The van der Waals surface area contributed by atoms with Gasteiger partial charge in [-0.3, -0.25) is 9.69 Å². The Morgan fingerprint density at radius 2 is 1.56 bits per heavy atom. The first kappa shape index (κ1) is 29.4. The highest BCUT2D eigenvalue weighted by molar-refractivity contribution is 6.45. The number of nitrogens with zero attached hydrogens (tertiary/aromatic N) is 1. The Labute approximate surface area is 222 Å². The molecule has 0 radical (unpaired) electrons. The van der Waals surface area contributed by atoms with Gasteiger partial charge in [0.2, 0.25) is 0 Å². The summed E-state index contributed by atoms with van der Waals surface area (Å²) in [5.74, 6) is 0.906. The van der Waals surface area contributed by atoms with Crippen LogP contribution in [0, 0.1) is 16.7 Å². The molecule has 0 saturated carbocycles. The summed E-state index contributed by atoms with van der Waals surface area (Å²) in [6.07, 6.45) is 6.77. The van der Waals surface area contributed by atoms with Crippen LogP contribution in [0.3, 0.4) is 0 Å². The zero-order valence-electron chi connectivity index (χ0n) is 24.7. The van der Waals surface area contributed by atoms with Crippen molar-refractivity contribution in [2.24, 2.45) is 16.7 Å². The number of ketones is 1. The molecule has 3 rings (SSSR count). The Balaban J connectivity index is 1.60. The van der Waals surface area contributed by atoms with Gasteiger partial charge in [-0.15, -0.1) is 0 Å². The van der Waals surface area contributed by atoms with E-state index < -0.39 is 0 Å². The number of hydrogen-bond donors (Lipinski definition) is 0. The van der Waals surface area contributed by atoms with Crippen molar-refractivity contribution in [3.8, 4) is 0 Å². The standard InChI is InChI=1S/C31H52BNO3/c1-24(25-15-11-10-12-16-25)33-21-17-26(18-22-33)31(9,27(34)23-28(2,3)4)19-13-14-20-32-35-29(5,6)30(7,8)36-32/h10-12,15-16,24,26H,13-14,17-23H2,1-9H3. The van der Waals surface area contributed by atoms with E-state index in [1.807, 2.05) is 0 Å². The molecule has 2 saturated heterocycles. The van der Waals surface area contributed by atoms with Gasteiger partial charge in [-0.2, -0.15) is 0 Å². The van der Waals surface area contributed by atoms with Crippen LogP contribution in [0.4, 0.5) is 0 Å². The third-order valence-electron chi connectivity index (χ3n) is 9.28. The number of Topliss-reactive ketones (excluding diaryl/α,β-unsaturated/α-hetero) is 1. The summed E-state index contributed by atoms with van der Waals surface area (Å²) >= 11 is 0. The average molecular weight is 498 g/mol. The number of unbranched alkanes of at least 4 members (excludes halogenated alkanes) is 1. The Bertz CT molecular complexity index is 838. The van der Waals surface area contributed by atoms with Gasteiger partial charge in [0.25, 0.3) is 0 Å². The lowest BCUT2D eigenvalue weighted by Crippen LogP contribution is -2.45. The van der Waals surface area contributed by atoms with Gasteiger partial charge in [0.05, 0.1) is 11.2 Å². The molecule has 36 heavy (non-hydrogen) atoms. The summed E-state index contributed by atoms with van der Waals surface area (Å²) < 4.78 is 12.4. The minimum absolute atomic E-state index is 0.0174. The molecule has 0 amide bonds. The molecule has 0 aromatic heterocycles. The molecule has 5 heteroatoms. The smallest absolute Gasteiger partial charge is 0.403 e. The van der Waals surface area contributed by atoms with Crippen LogP contribution in [0.1, 0.15) is 112 Å². The monoisotopic (exact) mass is 497 g/mol. The van der Waals surface area contributed by atoms with Crippen molar-refractivity contribution >= 4 is 12.9 Å². The first-order chi connectivity index (χ1) is 16.6. The molecule has 1 aromatic rings. The second-order valence-corrected chi connectivity index (χ2v) is 13.9. The summed E-state index contributed by atoms with van der Waals surface area (Å²) in [7, 11) is -0.144. The van der Waals surface area contributed by atoms with Gasteiger partial charge in [0.15, 0.2) is 0 Å². The van der Waals surface area contributed by atoms with E-state index in [0.717, 1.165) is 51.5 Å². The van der Waals surface area contributed by atoms with Crippen LogP contribution in [-0.2, 0) is 14.1 Å². The number of piperidine rings is 1. The molecule has 0 N–H and O–H groups in total. The summed E-state index contributed by atoms with van der Waals surface area (Å²) in [5, 5.41) is 0. The fourth-order valence-corrected chi connectivity index (χ4v) is 6.01. The van der Waals surface area contributed by atoms with Crippen molar-refractivity contribution in [3.63, 3.8) is 0 Å².